The Hall–Kier alpha value is -3.03. The van der Waals surface area contributed by atoms with Crippen LogP contribution in [0.25, 0.3) is 11.0 Å². The fraction of sp³-hybridized carbons (Fsp3) is 0.389. The lowest BCUT2D eigenvalue weighted by Crippen LogP contribution is -2.22. The van der Waals surface area contributed by atoms with Gasteiger partial charge in [0, 0.05) is 42.9 Å². The molecule has 8 nitrogen and oxygen atoms in total. The molecular weight excluding hydrogens is 332 g/mol. The molecule has 1 saturated heterocycles. The summed E-state index contributed by atoms with van der Waals surface area (Å²) in [6.45, 7) is 6.63. The highest BCUT2D eigenvalue weighted by Crippen LogP contribution is 2.23. The first kappa shape index (κ1) is 16.4. The van der Waals surface area contributed by atoms with Crippen molar-refractivity contribution in [3.63, 3.8) is 0 Å². The van der Waals surface area contributed by atoms with Crippen LogP contribution in [0.15, 0.2) is 24.9 Å². The molecule has 0 aromatic carbocycles. The van der Waals surface area contributed by atoms with E-state index >= 15 is 0 Å². The SMILES string of the molecule is Cc1nc(N2CCC(C)C2)ncc1Cn1cc(C(=O)O)c2cncnc21. The molecule has 0 bridgehead atoms. The van der Waals surface area contributed by atoms with Crippen LogP contribution in [-0.4, -0.2) is 48.7 Å². The van der Waals surface area contributed by atoms with Gasteiger partial charge in [0.1, 0.15) is 12.0 Å². The normalized spacial score (nSPS) is 17.2. The standard InChI is InChI=1S/C18H20N6O2/c1-11-3-4-23(7-11)18-20-5-13(12(2)22-18)8-24-9-15(17(25)26)14-6-19-10-21-16(14)24/h5-6,9-11H,3-4,7-8H2,1-2H3,(H,25,26). The van der Waals surface area contributed by atoms with Crippen LogP contribution in [0.5, 0.6) is 0 Å². The molecule has 1 aliphatic rings. The Balaban J connectivity index is 1.66. The number of anilines is 1. The summed E-state index contributed by atoms with van der Waals surface area (Å²) < 4.78 is 1.81. The van der Waals surface area contributed by atoms with Crippen LogP contribution in [0.3, 0.4) is 0 Å². The van der Waals surface area contributed by atoms with Crippen LogP contribution in [0.2, 0.25) is 0 Å². The number of aryl methyl sites for hydroxylation is 1. The third-order valence-electron chi connectivity index (χ3n) is 4.88. The van der Waals surface area contributed by atoms with Crippen LogP contribution < -0.4 is 4.90 Å². The summed E-state index contributed by atoms with van der Waals surface area (Å²) in [6, 6.07) is 0. The highest BCUT2D eigenvalue weighted by atomic mass is 16.4. The van der Waals surface area contributed by atoms with E-state index in [0.29, 0.717) is 23.5 Å². The van der Waals surface area contributed by atoms with Crippen LogP contribution >= 0.6 is 0 Å². The summed E-state index contributed by atoms with van der Waals surface area (Å²) in [5.74, 6) is 0.440. The minimum Gasteiger partial charge on any atom is -0.478 e. The smallest absolute Gasteiger partial charge is 0.337 e. The largest absolute Gasteiger partial charge is 0.478 e. The fourth-order valence-electron chi connectivity index (χ4n) is 3.41. The van der Waals surface area contributed by atoms with Crippen LogP contribution in [0, 0.1) is 12.8 Å². The van der Waals surface area contributed by atoms with E-state index in [4.69, 9.17) is 0 Å². The second-order valence-electron chi connectivity index (χ2n) is 6.86. The molecule has 0 radical (unpaired) electrons. The summed E-state index contributed by atoms with van der Waals surface area (Å²) in [6.07, 6.45) is 7.54. The second-order valence-corrected chi connectivity index (χ2v) is 6.86. The summed E-state index contributed by atoms with van der Waals surface area (Å²) in [4.78, 5) is 31.0. The summed E-state index contributed by atoms with van der Waals surface area (Å²) >= 11 is 0. The van der Waals surface area contributed by atoms with Gasteiger partial charge in [-0.3, -0.25) is 0 Å². The average Bonchev–Trinajstić information content (AvgIpc) is 3.21. The van der Waals surface area contributed by atoms with E-state index in [1.54, 1.807) is 6.20 Å². The molecule has 26 heavy (non-hydrogen) atoms. The molecule has 4 rings (SSSR count). The Morgan fingerprint density at radius 3 is 2.88 bits per heavy atom. The zero-order valence-electron chi connectivity index (χ0n) is 14.8. The topological polar surface area (TPSA) is 97.0 Å². The maximum absolute atomic E-state index is 11.5. The van der Waals surface area contributed by atoms with Gasteiger partial charge in [-0.2, -0.15) is 0 Å². The molecule has 1 N–H and O–H groups in total. The first-order valence-electron chi connectivity index (χ1n) is 8.62. The van der Waals surface area contributed by atoms with Gasteiger partial charge < -0.3 is 14.6 Å². The molecule has 3 aromatic heterocycles. The number of rotatable bonds is 4. The monoisotopic (exact) mass is 352 g/mol. The molecule has 3 aromatic rings. The Morgan fingerprint density at radius 1 is 1.35 bits per heavy atom. The van der Waals surface area contributed by atoms with E-state index in [1.807, 2.05) is 17.7 Å². The van der Waals surface area contributed by atoms with Crippen molar-refractivity contribution in [1.29, 1.82) is 0 Å². The molecule has 1 aliphatic heterocycles. The number of carbonyl (C=O) groups is 1. The van der Waals surface area contributed by atoms with Crippen molar-refractivity contribution in [3.8, 4) is 0 Å². The third-order valence-corrected chi connectivity index (χ3v) is 4.88. The maximum atomic E-state index is 11.5. The van der Waals surface area contributed by atoms with E-state index in [9.17, 15) is 9.90 Å². The fourth-order valence-corrected chi connectivity index (χ4v) is 3.41. The number of hydrogen-bond donors (Lipinski definition) is 1. The molecular formula is C18H20N6O2. The first-order chi connectivity index (χ1) is 12.5. The van der Waals surface area contributed by atoms with Gasteiger partial charge >= 0.3 is 5.97 Å². The van der Waals surface area contributed by atoms with Gasteiger partial charge in [0.15, 0.2) is 0 Å². The van der Waals surface area contributed by atoms with Gasteiger partial charge in [0.05, 0.1) is 17.5 Å². The van der Waals surface area contributed by atoms with E-state index in [0.717, 1.165) is 36.7 Å². The van der Waals surface area contributed by atoms with Crippen molar-refractivity contribution < 1.29 is 9.90 Å². The Labute approximate surface area is 150 Å². The van der Waals surface area contributed by atoms with Crippen LogP contribution in [0.4, 0.5) is 5.95 Å². The van der Waals surface area contributed by atoms with Crippen molar-refractivity contribution in [2.45, 2.75) is 26.8 Å². The van der Waals surface area contributed by atoms with Crippen LogP contribution in [0.1, 0.15) is 35.0 Å². The molecule has 0 aliphatic carbocycles. The Morgan fingerprint density at radius 2 is 2.19 bits per heavy atom. The Kier molecular flexibility index (Phi) is 4.02. The number of nitrogens with zero attached hydrogens (tertiary/aromatic N) is 6. The van der Waals surface area contributed by atoms with Gasteiger partial charge in [0.25, 0.3) is 0 Å². The van der Waals surface area contributed by atoms with Crippen molar-refractivity contribution in [2.75, 3.05) is 18.0 Å². The summed E-state index contributed by atoms with van der Waals surface area (Å²) in [7, 11) is 0. The zero-order valence-corrected chi connectivity index (χ0v) is 14.8. The molecule has 1 unspecified atom stereocenters. The van der Waals surface area contributed by atoms with Crippen molar-refractivity contribution in [1.82, 2.24) is 24.5 Å². The lowest BCUT2D eigenvalue weighted by atomic mass is 10.2. The number of carboxylic acids is 1. The molecule has 1 fully saturated rings. The highest BCUT2D eigenvalue weighted by molar-refractivity contribution is 6.02. The number of aromatic nitrogens is 5. The Bertz CT molecular complexity index is 983. The van der Waals surface area contributed by atoms with Gasteiger partial charge in [-0.1, -0.05) is 6.92 Å². The van der Waals surface area contributed by atoms with Crippen molar-refractivity contribution in [3.05, 3.63) is 41.7 Å². The predicted molar refractivity (Wildman–Crippen MR) is 96.4 cm³/mol. The maximum Gasteiger partial charge on any atom is 0.337 e. The van der Waals surface area contributed by atoms with Crippen molar-refractivity contribution >= 4 is 23.0 Å². The average molecular weight is 352 g/mol. The number of carboxylic acid groups (broad SMARTS) is 1. The summed E-state index contributed by atoms with van der Waals surface area (Å²) in [5, 5.41) is 9.93. The molecule has 1 atom stereocenters. The second kappa shape index (κ2) is 6.36. The lowest BCUT2D eigenvalue weighted by Gasteiger charge is -2.17. The van der Waals surface area contributed by atoms with E-state index < -0.39 is 5.97 Å². The van der Waals surface area contributed by atoms with Gasteiger partial charge in [-0.05, 0) is 19.3 Å². The minimum absolute atomic E-state index is 0.196. The zero-order chi connectivity index (χ0) is 18.3. The quantitative estimate of drug-likeness (QED) is 0.768. The molecule has 134 valence electrons. The van der Waals surface area contributed by atoms with E-state index in [1.165, 1.54) is 12.5 Å². The van der Waals surface area contributed by atoms with E-state index in [2.05, 4.69) is 31.8 Å². The third kappa shape index (κ3) is 2.87. The number of fused-ring (bicyclic) bond motifs is 1. The van der Waals surface area contributed by atoms with Gasteiger partial charge in [-0.25, -0.2) is 24.7 Å². The predicted octanol–water partition coefficient (Wildman–Crippen LogP) is 2.12. The van der Waals surface area contributed by atoms with Crippen molar-refractivity contribution in [2.24, 2.45) is 5.92 Å². The van der Waals surface area contributed by atoms with Crippen LogP contribution in [-0.2, 0) is 6.54 Å². The summed E-state index contributed by atoms with van der Waals surface area (Å²) in [5.41, 5.74) is 2.62. The first-order valence-corrected chi connectivity index (χ1v) is 8.62. The lowest BCUT2D eigenvalue weighted by molar-refractivity contribution is 0.0698. The van der Waals surface area contributed by atoms with E-state index in [-0.39, 0.29) is 5.56 Å². The molecule has 0 amide bonds. The minimum atomic E-state index is -0.991. The van der Waals surface area contributed by atoms with Gasteiger partial charge in [-0.15, -0.1) is 0 Å². The number of hydrogen-bond acceptors (Lipinski definition) is 6. The highest BCUT2D eigenvalue weighted by Gasteiger charge is 2.22. The molecule has 0 saturated carbocycles. The van der Waals surface area contributed by atoms with Gasteiger partial charge in [0.2, 0.25) is 5.95 Å². The molecule has 0 spiro atoms. The molecule has 8 heteroatoms. The molecule has 4 heterocycles. The number of aromatic carboxylic acids is 1.